The van der Waals surface area contributed by atoms with Gasteiger partial charge in [0.25, 0.3) is 0 Å². The Morgan fingerprint density at radius 2 is 1.85 bits per heavy atom. The average molecular weight is 383 g/mol. The van der Waals surface area contributed by atoms with E-state index in [1.807, 2.05) is 20.8 Å². The zero-order chi connectivity index (χ0) is 19.5. The Morgan fingerprint density at radius 1 is 1.19 bits per heavy atom. The van der Waals surface area contributed by atoms with Crippen molar-refractivity contribution >= 4 is 10.0 Å². The molecule has 0 N–H and O–H groups in total. The summed E-state index contributed by atoms with van der Waals surface area (Å²) in [7, 11) is 0.540. The Balaban J connectivity index is 2.30. The van der Waals surface area contributed by atoms with Gasteiger partial charge in [-0.25, -0.2) is 8.42 Å². The van der Waals surface area contributed by atoms with Gasteiger partial charge in [-0.3, -0.25) is 0 Å². The first-order valence-electron chi connectivity index (χ1n) is 8.19. The molecule has 0 aliphatic heterocycles. The van der Waals surface area contributed by atoms with E-state index in [-0.39, 0.29) is 17.2 Å². The molecule has 1 aromatic carbocycles. The number of ether oxygens (including phenoxy) is 2. The molecule has 9 heteroatoms. The van der Waals surface area contributed by atoms with Gasteiger partial charge in [-0.2, -0.15) is 9.29 Å². The fourth-order valence-corrected chi connectivity index (χ4v) is 3.74. The molecule has 0 amide bonds. The van der Waals surface area contributed by atoms with E-state index in [1.54, 1.807) is 6.07 Å². The van der Waals surface area contributed by atoms with Crippen LogP contribution in [0.3, 0.4) is 0 Å². The lowest BCUT2D eigenvalue weighted by Crippen LogP contribution is -2.27. The summed E-state index contributed by atoms with van der Waals surface area (Å²) in [6.07, 6.45) is 0.645. The maximum atomic E-state index is 13.0. The van der Waals surface area contributed by atoms with Crippen molar-refractivity contribution in [1.82, 2.24) is 14.4 Å². The van der Waals surface area contributed by atoms with Crippen LogP contribution in [0.1, 0.15) is 31.1 Å². The van der Waals surface area contributed by atoms with E-state index in [1.165, 1.54) is 27.3 Å². The lowest BCUT2D eigenvalue weighted by atomic mass is 10.1. The van der Waals surface area contributed by atoms with Gasteiger partial charge in [-0.05, 0) is 24.5 Å². The highest BCUT2D eigenvalue weighted by Crippen LogP contribution is 2.33. The van der Waals surface area contributed by atoms with Crippen molar-refractivity contribution in [3.05, 3.63) is 29.4 Å². The molecule has 0 unspecified atom stereocenters. The molecule has 2 aromatic rings. The van der Waals surface area contributed by atoms with Gasteiger partial charge in [-0.15, -0.1) is 0 Å². The van der Waals surface area contributed by atoms with E-state index >= 15 is 0 Å². The minimum Gasteiger partial charge on any atom is -0.496 e. The molecule has 26 heavy (non-hydrogen) atoms. The molecule has 0 aliphatic rings. The molecular weight excluding hydrogens is 358 g/mol. The standard InChI is InChI=1S/C17H25N3O5S/c1-11(2)7-17-18-16(19-25-17)10-20(4)26(21,22)15-9-13(23-5)12(3)8-14(15)24-6/h8-9,11H,7,10H2,1-6H3. The SMILES string of the molecule is COc1cc(S(=O)(=O)N(C)Cc2noc(CC(C)C)n2)c(OC)cc1C. The van der Waals surface area contributed by atoms with Gasteiger partial charge in [0.15, 0.2) is 5.82 Å². The van der Waals surface area contributed by atoms with Crippen LogP contribution in [0.25, 0.3) is 0 Å². The summed E-state index contributed by atoms with van der Waals surface area (Å²) in [5.74, 6) is 1.90. The fourth-order valence-electron chi connectivity index (χ4n) is 2.46. The predicted octanol–water partition coefficient (Wildman–Crippen LogP) is 2.41. The number of benzene rings is 1. The van der Waals surface area contributed by atoms with Gasteiger partial charge in [0, 0.05) is 19.5 Å². The lowest BCUT2D eigenvalue weighted by molar-refractivity contribution is 0.352. The summed E-state index contributed by atoms with van der Waals surface area (Å²) in [5.41, 5.74) is 0.780. The zero-order valence-electron chi connectivity index (χ0n) is 15.9. The van der Waals surface area contributed by atoms with Crippen LogP contribution in [-0.2, 0) is 23.0 Å². The second kappa shape index (κ2) is 8.05. The Hall–Kier alpha value is -2.13. The van der Waals surface area contributed by atoms with Gasteiger partial charge >= 0.3 is 0 Å². The molecule has 0 fully saturated rings. The molecule has 0 atom stereocenters. The molecule has 0 saturated heterocycles. The molecule has 0 saturated carbocycles. The molecule has 8 nitrogen and oxygen atoms in total. The smallest absolute Gasteiger partial charge is 0.247 e. The van der Waals surface area contributed by atoms with Gasteiger partial charge < -0.3 is 14.0 Å². The molecule has 0 aliphatic carbocycles. The van der Waals surface area contributed by atoms with Crippen LogP contribution in [-0.4, -0.2) is 44.1 Å². The zero-order valence-corrected chi connectivity index (χ0v) is 16.8. The molecule has 0 bridgehead atoms. The number of sulfonamides is 1. The van der Waals surface area contributed by atoms with E-state index in [2.05, 4.69) is 10.1 Å². The quantitative estimate of drug-likeness (QED) is 0.691. The Kier molecular flexibility index (Phi) is 6.25. The minimum absolute atomic E-state index is 0.0106. The number of methoxy groups -OCH3 is 2. The van der Waals surface area contributed by atoms with Crippen LogP contribution >= 0.6 is 0 Å². The van der Waals surface area contributed by atoms with Crippen molar-refractivity contribution in [2.75, 3.05) is 21.3 Å². The average Bonchev–Trinajstić information content (AvgIpc) is 3.00. The number of rotatable bonds is 8. The van der Waals surface area contributed by atoms with Crippen molar-refractivity contribution in [2.24, 2.45) is 5.92 Å². The maximum Gasteiger partial charge on any atom is 0.247 e. The van der Waals surface area contributed by atoms with Crippen molar-refractivity contribution in [2.45, 2.75) is 38.6 Å². The molecule has 0 spiro atoms. The Morgan fingerprint density at radius 3 is 2.42 bits per heavy atom. The van der Waals surface area contributed by atoms with Crippen molar-refractivity contribution in [1.29, 1.82) is 0 Å². The number of aryl methyl sites for hydroxylation is 1. The summed E-state index contributed by atoms with van der Waals surface area (Å²) >= 11 is 0. The maximum absolute atomic E-state index is 13.0. The lowest BCUT2D eigenvalue weighted by Gasteiger charge is -2.19. The highest BCUT2D eigenvalue weighted by Gasteiger charge is 2.27. The second-order valence-electron chi connectivity index (χ2n) is 6.44. The normalized spacial score (nSPS) is 12.0. The number of nitrogens with zero attached hydrogens (tertiary/aromatic N) is 3. The first kappa shape index (κ1) is 20.2. The molecular formula is C17H25N3O5S. The minimum atomic E-state index is -3.84. The third kappa shape index (κ3) is 4.34. The second-order valence-corrected chi connectivity index (χ2v) is 8.45. The Bertz CT molecular complexity index is 861. The first-order chi connectivity index (χ1) is 12.2. The summed E-state index contributed by atoms with van der Waals surface area (Å²) in [4.78, 5) is 4.27. The van der Waals surface area contributed by atoms with Gasteiger partial charge in [0.1, 0.15) is 16.4 Å². The van der Waals surface area contributed by atoms with Gasteiger partial charge in [-0.1, -0.05) is 19.0 Å². The van der Waals surface area contributed by atoms with Crippen LogP contribution in [0.4, 0.5) is 0 Å². The van der Waals surface area contributed by atoms with Gasteiger partial charge in [0.05, 0.1) is 20.8 Å². The predicted molar refractivity (Wildman–Crippen MR) is 95.8 cm³/mol. The van der Waals surface area contributed by atoms with Crippen molar-refractivity contribution in [3.63, 3.8) is 0 Å². The summed E-state index contributed by atoms with van der Waals surface area (Å²) < 4.78 is 42.8. The van der Waals surface area contributed by atoms with E-state index in [9.17, 15) is 8.42 Å². The number of hydrogen-bond acceptors (Lipinski definition) is 7. The van der Waals surface area contributed by atoms with Crippen molar-refractivity contribution in [3.8, 4) is 11.5 Å². The van der Waals surface area contributed by atoms with Crippen LogP contribution in [0.5, 0.6) is 11.5 Å². The van der Waals surface area contributed by atoms with Crippen LogP contribution in [0.15, 0.2) is 21.6 Å². The molecule has 144 valence electrons. The highest BCUT2D eigenvalue weighted by atomic mass is 32.2. The van der Waals surface area contributed by atoms with E-state index in [4.69, 9.17) is 14.0 Å². The van der Waals surface area contributed by atoms with Crippen molar-refractivity contribution < 1.29 is 22.4 Å². The third-order valence-electron chi connectivity index (χ3n) is 3.83. The van der Waals surface area contributed by atoms with E-state index in [0.29, 0.717) is 29.8 Å². The molecule has 2 rings (SSSR count). The first-order valence-corrected chi connectivity index (χ1v) is 9.63. The summed E-state index contributed by atoms with van der Waals surface area (Å²) in [6, 6.07) is 3.09. The van der Waals surface area contributed by atoms with Crippen LogP contribution in [0, 0.1) is 12.8 Å². The largest absolute Gasteiger partial charge is 0.496 e. The summed E-state index contributed by atoms with van der Waals surface area (Å²) in [5, 5.41) is 3.86. The number of aromatic nitrogens is 2. The third-order valence-corrected chi connectivity index (χ3v) is 5.65. The van der Waals surface area contributed by atoms with Crippen LogP contribution < -0.4 is 9.47 Å². The van der Waals surface area contributed by atoms with E-state index < -0.39 is 10.0 Å². The van der Waals surface area contributed by atoms with E-state index in [0.717, 1.165) is 9.87 Å². The number of hydrogen-bond donors (Lipinski definition) is 0. The monoisotopic (exact) mass is 383 g/mol. The van der Waals surface area contributed by atoms with Crippen LogP contribution in [0.2, 0.25) is 0 Å². The van der Waals surface area contributed by atoms with Gasteiger partial charge in [0.2, 0.25) is 15.9 Å². The topological polar surface area (TPSA) is 94.8 Å². The fraction of sp³-hybridized carbons (Fsp3) is 0.529. The molecule has 1 heterocycles. The summed E-state index contributed by atoms with van der Waals surface area (Å²) in [6.45, 7) is 5.88. The highest BCUT2D eigenvalue weighted by molar-refractivity contribution is 7.89. The molecule has 0 radical (unpaired) electrons. The molecule has 1 aromatic heterocycles. The Labute approximate surface area is 154 Å².